The Morgan fingerprint density at radius 1 is 0.906 bits per heavy atom. The SMILES string of the molecule is CC(=O)OC[C@H]1O[C@@H](OCCC[Si](C)(C)O[Si](C)(C)C)[C@H](OC(C)=O)[C@@H](OC(C)=O)[C@@H]1O. The van der Waals surface area contributed by atoms with Crippen LogP contribution in [0.25, 0.3) is 0 Å². The van der Waals surface area contributed by atoms with Crippen LogP contribution in [0.1, 0.15) is 27.2 Å². The highest BCUT2D eigenvalue weighted by molar-refractivity contribution is 6.84. The van der Waals surface area contributed by atoms with Crippen molar-refractivity contribution in [2.45, 2.75) is 96.7 Å². The van der Waals surface area contributed by atoms with E-state index in [0.29, 0.717) is 6.42 Å². The van der Waals surface area contributed by atoms with Crippen LogP contribution in [0.3, 0.4) is 0 Å². The molecule has 1 saturated heterocycles. The van der Waals surface area contributed by atoms with Crippen LogP contribution < -0.4 is 0 Å². The predicted molar refractivity (Wildman–Crippen MR) is 120 cm³/mol. The second kappa shape index (κ2) is 12.2. The van der Waals surface area contributed by atoms with Gasteiger partial charge in [-0.3, -0.25) is 14.4 Å². The molecule has 0 bridgehead atoms. The summed E-state index contributed by atoms with van der Waals surface area (Å²) < 4.78 is 33.4. The van der Waals surface area contributed by atoms with Gasteiger partial charge < -0.3 is 32.9 Å². The summed E-state index contributed by atoms with van der Waals surface area (Å²) in [5, 5.41) is 10.6. The van der Waals surface area contributed by atoms with Gasteiger partial charge in [0.2, 0.25) is 0 Å². The Labute approximate surface area is 192 Å². The van der Waals surface area contributed by atoms with Crippen LogP contribution in [-0.4, -0.2) is 83.6 Å². The zero-order valence-electron chi connectivity index (χ0n) is 20.3. The van der Waals surface area contributed by atoms with Crippen molar-refractivity contribution in [3.05, 3.63) is 0 Å². The fourth-order valence-corrected chi connectivity index (χ4v) is 11.6. The Morgan fingerprint density at radius 2 is 1.47 bits per heavy atom. The fourth-order valence-electron chi connectivity index (χ4n) is 3.58. The van der Waals surface area contributed by atoms with Gasteiger partial charge in [0.15, 0.2) is 35.1 Å². The van der Waals surface area contributed by atoms with Gasteiger partial charge >= 0.3 is 17.9 Å². The van der Waals surface area contributed by atoms with Crippen molar-refractivity contribution in [2.75, 3.05) is 13.2 Å². The number of aliphatic hydroxyl groups excluding tert-OH is 1. The largest absolute Gasteiger partial charge is 0.463 e. The van der Waals surface area contributed by atoms with Crippen molar-refractivity contribution < 1.29 is 47.3 Å². The van der Waals surface area contributed by atoms with E-state index in [1.807, 2.05) is 0 Å². The summed E-state index contributed by atoms with van der Waals surface area (Å²) >= 11 is 0. The van der Waals surface area contributed by atoms with Crippen LogP contribution >= 0.6 is 0 Å². The molecule has 0 aliphatic carbocycles. The molecular formula is C20H38O10Si2. The second-order valence-corrected chi connectivity index (χ2v) is 18.5. The average molecular weight is 495 g/mol. The molecule has 0 saturated carbocycles. The van der Waals surface area contributed by atoms with Gasteiger partial charge in [0.25, 0.3) is 0 Å². The monoisotopic (exact) mass is 494 g/mol. The van der Waals surface area contributed by atoms with E-state index in [-0.39, 0.29) is 13.2 Å². The Balaban J connectivity index is 2.90. The molecule has 0 amide bonds. The molecule has 0 aromatic rings. The lowest BCUT2D eigenvalue weighted by atomic mass is 9.98. The third-order valence-electron chi connectivity index (χ3n) is 4.46. The van der Waals surface area contributed by atoms with E-state index in [1.165, 1.54) is 20.8 Å². The van der Waals surface area contributed by atoms with Crippen LogP contribution in [-0.2, 0) is 42.2 Å². The van der Waals surface area contributed by atoms with E-state index in [2.05, 4.69) is 32.7 Å². The lowest BCUT2D eigenvalue weighted by Gasteiger charge is -2.42. The van der Waals surface area contributed by atoms with Gasteiger partial charge in [0.05, 0.1) is 0 Å². The highest BCUT2D eigenvalue weighted by atomic mass is 28.4. The Bertz CT molecular complexity index is 649. The molecule has 5 atom stereocenters. The van der Waals surface area contributed by atoms with Gasteiger partial charge in [-0.1, -0.05) is 0 Å². The van der Waals surface area contributed by atoms with E-state index >= 15 is 0 Å². The zero-order chi connectivity index (χ0) is 24.7. The summed E-state index contributed by atoms with van der Waals surface area (Å²) in [6.07, 6.45) is -5.26. The van der Waals surface area contributed by atoms with Crippen molar-refractivity contribution in [3.8, 4) is 0 Å². The Hall–Kier alpha value is -1.32. The summed E-state index contributed by atoms with van der Waals surface area (Å²) in [7, 11) is -3.52. The maximum absolute atomic E-state index is 11.7. The van der Waals surface area contributed by atoms with Gasteiger partial charge in [0.1, 0.15) is 18.8 Å². The number of esters is 3. The molecule has 1 N–H and O–H groups in total. The highest BCUT2D eigenvalue weighted by Gasteiger charge is 2.50. The number of hydrogen-bond donors (Lipinski definition) is 1. The topological polar surface area (TPSA) is 127 Å². The van der Waals surface area contributed by atoms with E-state index in [0.717, 1.165) is 6.04 Å². The summed E-state index contributed by atoms with van der Waals surface area (Å²) in [5.74, 6) is -1.87. The minimum Gasteiger partial charge on any atom is -0.463 e. The van der Waals surface area contributed by atoms with Crippen LogP contribution in [0.5, 0.6) is 0 Å². The van der Waals surface area contributed by atoms with Crippen LogP contribution in [0.2, 0.25) is 38.8 Å². The van der Waals surface area contributed by atoms with Crippen LogP contribution in [0.15, 0.2) is 0 Å². The predicted octanol–water partition coefficient (Wildman–Crippen LogP) is 1.96. The molecule has 186 valence electrons. The van der Waals surface area contributed by atoms with Gasteiger partial charge in [0, 0.05) is 27.4 Å². The molecule has 0 spiro atoms. The zero-order valence-corrected chi connectivity index (χ0v) is 22.3. The number of rotatable bonds is 11. The first kappa shape index (κ1) is 28.7. The van der Waals surface area contributed by atoms with E-state index < -0.39 is 65.2 Å². The summed E-state index contributed by atoms with van der Waals surface area (Å²) in [6, 6.07) is 0.856. The molecule has 0 aromatic carbocycles. The van der Waals surface area contributed by atoms with E-state index in [1.54, 1.807) is 0 Å². The Morgan fingerprint density at radius 3 is 1.97 bits per heavy atom. The van der Waals surface area contributed by atoms with Gasteiger partial charge in [-0.05, 0) is 45.2 Å². The minimum atomic E-state index is -1.87. The highest BCUT2D eigenvalue weighted by Crippen LogP contribution is 2.28. The van der Waals surface area contributed by atoms with Crippen molar-refractivity contribution in [2.24, 2.45) is 0 Å². The van der Waals surface area contributed by atoms with Crippen molar-refractivity contribution in [3.63, 3.8) is 0 Å². The molecule has 12 heteroatoms. The molecule has 1 fully saturated rings. The molecule has 1 aliphatic heterocycles. The van der Waals surface area contributed by atoms with Crippen molar-refractivity contribution in [1.82, 2.24) is 0 Å². The minimum absolute atomic E-state index is 0.273. The molecular weight excluding hydrogens is 456 g/mol. The lowest BCUT2D eigenvalue weighted by molar-refractivity contribution is -0.306. The summed E-state index contributed by atoms with van der Waals surface area (Å²) in [5.41, 5.74) is 0. The summed E-state index contributed by atoms with van der Waals surface area (Å²) in [4.78, 5) is 34.5. The lowest BCUT2D eigenvalue weighted by Crippen LogP contribution is -2.61. The molecule has 10 nitrogen and oxygen atoms in total. The molecule has 0 unspecified atom stereocenters. The average Bonchev–Trinajstić information content (AvgIpc) is 2.59. The molecule has 1 aliphatic rings. The van der Waals surface area contributed by atoms with Crippen LogP contribution in [0, 0.1) is 0 Å². The van der Waals surface area contributed by atoms with Gasteiger partial charge in [-0.15, -0.1) is 0 Å². The Kier molecular flexibility index (Phi) is 11.0. The standard InChI is InChI=1S/C20H38O10Si2/c1-13(21)26-12-16-17(24)18(27-14(2)22)19(28-15(3)23)20(29-16)25-10-9-11-32(7,8)30-31(4,5)6/h16-20,24H,9-12H2,1-8H3/t16-,17-,18+,19-,20-/m1/s1. The molecule has 0 radical (unpaired) electrons. The maximum Gasteiger partial charge on any atom is 0.303 e. The smallest absolute Gasteiger partial charge is 0.303 e. The molecule has 32 heavy (non-hydrogen) atoms. The van der Waals surface area contributed by atoms with Crippen LogP contribution in [0.4, 0.5) is 0 Å². The molecule has 0 aromatic heterocycles. The third-order valence-corrected chi connectivity index (χ3v) is 10.7. The van der Waals surface area contributed by atoms with Gasteiger partial charge in [-0.25, -0.2) is 0 Å². The van der Waals surface area contributed by atoms with E-state index in [9.17, 15) is 19.5 Å². The third kappa shape index (κ3) is 10.5. The molecule has 1 rings (SSSR count). The normalized spacial score (nSPS) is 26.3. The van der Waals surface area contributed by atoms with Gasteiger partial charge in [-0.2, -0.15) is 0 Å². The first-order chi connectivity index (χ1) is 14.6. The maximum atomic E-state index is 11.7. The fraction of sp³-hybridized carbons (Fsp3) is 0.850. The second-order valence-electron chi connectivity index (χ2n) is 9.43. The number of carbonyl (C=O) groups excluding carboxylic acids is 3. The first-order valence-corrected chi connectivity index (χ1v) is 17.3. The first-order valence-electron chi connectivity index (χ1n) is 10.7. The molecule has 1 heterocycles. The summed E-state index contributed by atoms with van der Waals surface area (Å²) in [6.45, 7) is 14.4. The quantitative estimate of drug-likeness (QED) is 0.197. The number of ether oxygens (including phenoxy) is 5. The van der Waals surface area contributed by atoms with Crippen molar-refractivity contribution >= 4 is 34.5 Å². The number of carbonyl (C=O) groups is 3. The number of hydrogen-bond acceptors (Lipinski definition) is 10. The number of aliphatic hydroxyl groups is 1. The van der Waals surface area contributed by atoms with E-state index in [4.69, 9.17) is 27.8 Å². The van der Waals surface area contributed by atoms with Crippen molar-refractivity contribution in [1.29, 1.82) is 0 Å².